The molecule has 7 saturated carbocycles. The predicted octanol–water partition coefficient (Wildman–Crippen LogP) is 4.59. The van der Waals surface area contributed by atoms with E-state index < -0.39 is 5.67 Å². The van der Waals surface area contributed by atoms with E-state index in [2.05, 4.69) is 0 Å². The SMILES string of the molecule is FC12CC3CC4C1CC1CCC5CC1C4C(C5)(C3)C2. The van der Waals surface area contributed by atoms with Crippen LogP contribution < -0.4 is 0 Å². The second-order valence-electron chi connectivity index (χ2n) is 9.42. The summed E-state index contributed by atoms with van der Waals surface area (Å²) in [4.78, 5) is 0. The molecule has 1 heteroatoms. The molecule has 7 rings (SSSR count). The molecular formula is C18H25F. The summed E-state index contributed by atoms with van der Waals surface area (Å²) in [5.74, 6) is 5.96. The minimum Gasteiger partial charge on any atom is -0.244 e. The molecule has 0 aliphatic heterocycles. The summed E-state index contributed by atoms with van der Waals surface area (Å²) >= 11 is 0. The van der Waals surface area contributed by atoms with Gasteiger partial charge in [-0.25, -0.2) is 4.39 Å². The molecule has 0 aromatic rings. The summed E-state index contributed by atoms with van der Waals surface area (Å²) in [7, 11) is 0. The van der Waals surface area contributed by atoms with Crippen LogP contribution >= 0.6 is 0 Å². The lowest BCUT2D eigenvalue weighted by atomic mass is 9.31. The summed E-state index contributed by atoms with van der Waals surface area (Å²) in [5, 5.41) is 0. The monoisotopic (exact) mass is 260 g/mol. The van der Waals surface area contributed by atoms with Crippen molar-refractivity contribution < 1.29 is 4.39 Å². The van der Waals surface area contributed by atoms with Crippen molar-refractivity contribution in [3.05, 3.63) is 0 Å². The second kappa shape index (κ2) is 2.92. The van der Waals surface area contributed by atoms with Crippen molar-refractivity contribution in [2.45, 2.75) is 63.5 Å². The third-order valence-electron chi connectivity index (χ3n) is 8.79. The molecule has 0 amide bonds. The summed E-state index contributed by atoms with van der Waals surface area (Å²) in [6.07, 6.45) is 11.9. The largest absolute Gasteiger partial charge is 0.244 e. The van der Waals surface area contributed by atoms with Crippen molar-refractivity contribution in [1.82, 2.24) is 0 Å². The number of alkyl halides is 1. The zero-order chi connectivity index (χ0) is 12.4. The Morgan fingerprint density at radius 1 is 0.842 bits per heavy atom. The standard InChI is InChI=1S/C18H25F/c19-18-8-11-4-14-15(18)5-12-2-1-10-3-13(12)16(14)17(6-10,7-11)9-18/h10-16H,1-9H2. The first kappa shape index (κ1) is 10.6. The lowest BCUT2D eigenvalue weighted by Gasteiger charge is -2.74. The van der Waals surface area contributed by atoms with Crippen molar-refractivity contribution >= 4 is 0 Å². The van der Waals surface area contributed by atoms with Gasteiger partial charge in [-0.3, -0.25) is 0 Å². The molecule has 0 aromatic carbocycles. The van der Waals surface area contributed by atoms with Crippen LogP contribution in [-0.2, 0) is 0 Å². The highest BCUT2D eigenvalue weighted by atomic mass is 19.1. The van der Waals surface area contributed by atoms with E-state index in [0.29, 0.717) is 11.3 Å². The van der Waals surface area contributed by atoms with Crippen LogP contribution in [0.25, 0.3) is 0 Å². The number of rotatable bonds is 0. The summed E-state index contributed by atoms with van der Waals surface area (Å²) in [6, 6.07) is 0. The Hall–Kier alpha value is -0.0700. The maximum atomic E-state index is 15.7. The number of hydrogen-bond donors (Lipinski definition) is 0. The fraction of sp³-hybridized carbons (Fsp3) is 1.00. The average Bonchev–Trinajstić information content (AvgIpc) is 2.34. The van der Waals surface area contributed by atoms with Gasteiger partial charge in [0, 0.05) is 0 Å². The van der Waals surface area contributed by atoms with E-state index >= 15 is 4.39 Å². The Morgan fingerprint density at radius 3 is 2.63 bits per heavy atom. The number of hydrogen-bond acceptors (Lipinski definition) is 0. The van der Waals surface area contributed by atoms with Gasteiger partial charge < -0.3 is 0 Å². The Kier molecular flexibility index (Phi) is 1.63. The van der Waals surface area contributed by atoms with Crippen LogP contribution in [0.4, 0.5) is 4.39 Å². The van der Waals surface area contributed by atoms with E-state index in [-0.39, 0.29) is 0 Å². The Balaban J connectivity index is 1.58. The third kappa shape index (κ3) is 1.05. The first-order valence-corrected chi connectivity index (χ1v) is 8.86. The van der Waals surface area contributed by atoms with E-state index in [1.807, 2.05) is 0 Å². The molecule has 9 unspecified atom stereocenters. The molecule has 19 heavy (non-hydrogen) atoms. The van der Waals surface area contributed by atoms with Gasteiger partial charge in [-0.2, -0.15) is 0 Å². The molecule has 0 N–H and O–H groups in total. The molecule has 1 spiro atoms. The van der Waals surface area contributed by atoms with Crippen molar-refractivity contribution in [3.8, 4) is 0 Å². The highest BCUT2D eigenvalue weighted by molar-refractivity contribution is 5.21. The molecule has 9 atom stereocenters. The third-order valence-corrected chi connectivity index (χ3v) is 8.79. The maximum Gasteiger partial charge on any atom is 0.115 e. The second-order valence-corrected chi connectivity index (χ2v) is 9.42. The number of fused-ring (bicyclic) bond motifs is 1. The van der Waals surface area contributed by atoms with E-state index in [1.165, 1.54) is 44.9 Å². The molecule has 8 bridgehead atoms. The Labute approximate surface area is 115 Å². The van der Waals surface area contributed by atoms with Gasteiger partial charge in [0.05, 0.1) is 0 Å². The van der Waals surface area contributed by atoms with Crippen molar-refractivity contribution in [2.24, 2.45) is 46.8 Å². The Morgan fingerprint density at radius 2 is 1.68 bits per heavy atom. The topological polar surface area (TPSA) is 0 Å². The first-order valence-electron chi connectivity index (χ1n) is 8.86. The molecular weight excluding hydrogens is 235 g/mol. The summed E-state index contributed by atoms with van der Waals surface area (Å²) in [5.41, 5.74) is -0.228. The average molecular weight is 260 g/mol. The zero-order valence-electron chi connectivity index (χ0n) is 11.8. The maximum absolute atomic E-state index is 15.7. The van der Waals surface area contributed by atoms with Gasteiger partial charge in [0.15, 0.2) is 0 Å². The lowest BCUT2D eigenvalue weighted by Crippen LogP contribution is -2.70. The van der Waals surface area contributed by atoms with Crippen LogP contribution in [0.2, 0.25) is 0 Å². The molecule has 7 aliphatic carbocycles. The zero-order valence-corrected chi connectivity index (χ0v) is 11.8. The van der Waals surface area contributed by atoms with Crippen molar-refractivity contribution in [1.29, 1.82) is 0 Å². The molecule has 0 saturated heterocycles. The highest BCUT2D eigenvalue weighted by Gasteiger charge is 2.72. The summed E-state index contributed by atoms with van der Waals surface area (Å²) < 4.78 is 15.7. The van der Waals surface area contributed by atoms with Gasteiger partial charge in [-0.1, -0.05) is 6.42 Å². The minimum absolute atomic E-state index is 0.484. The van der Waals surface area contributed by atoms with Crippen molar-refractivity contribution in [3.63, 3.8) is 0 Å². The Bertz CT molecular complexity index is 459. The van der Waals surface area contributed by atoms with Gasteiger partial charge in [0.1, 0.15) is 5.67 Å². The lowest BCUT2D eigenvalue weighted by molar-refractivity contribution is -0.275. The molecule has 0 heterocycles. The van der Waals surface area contributed by atoms with E-state index in [0.717, 1.165) is 48.3 Å². The molecule has 7 aliphatic rings. The molecule has 0 aromatic heterocycles. The predicted molar refractivity (Wildman–Crippen MR) is 72.3 cm³/mol. The molecule has 0 radical (unpaired) electrons. The van der Waals surface area contributed by atoms with Gasteiger partial charge in [-0.05, 0) is 98.2 Å². The quantitative estimate of drug-likeness (QED) is 0.597. The van der Waals surface area contributed by atoms with E-state index in [1.54, 1.807) is 0 Å². The van der Waals surface area contributed by atoms with Crippen molar-refractivity contribution in [2.75, 3.05) is 0 Å². The molecule has 0 nitrogen and oxygen atoms in total. The van der Waals surface area contributed by atoms with Gasteiger partial charge in [0.2, 0.25) is 0 Å². The van der Waals surface area contributed by atoms with Gasteiger partial charge in [0.25, 0.3) is 0 Å². The van der Waals surface area contributed by atoms with E-state index in [9.17, 15) is 0 Å². The highest BCUT2D eigenvalue weighted by Crippen LogP contribution is 2.77. The first-order chi connectivity index (χ1) is 9.17. The number of halogens is 1. The van der Waals surface area contributed by atoms with Crippen LogP contribution in [0.5, 0.6) is 0 Å². The minimum atomic E-state index is -0.717. The van der Waals surface area contributed by atoms with Gasteiger partial charge >= 0.3 is 0 Å². The normalized spacial score (nSPS) is 71.5. The van der Waals surface area contributed by atoms with Crippen LogP contribution in [0.1, 0.15) is 57.8 Å². The van der Waals surface area contributed by atoms with Gasteiger partial charge in [-0.15, -0.1) is 0 Å². The van der Waals surface area contributed by atoms with Crippen LogP contribution in [0, 0.1) is 46.8 Å². The summed E-state index contributed by atoms with van der Waals surface area (Å²) in [6.45, 7) is 0. The van der Waals surface area contributed by atoms with Crippen LogP contribution in [0.3, 0.4) is 0 Å². The van der Waals surface area contributed by atoms with Crippen LogP contribution in [0.15, 0.2) is 0 Å². The fourth-order valence-corrected chi connectivity index (χ4v) is 8.97. The smallest absolute Gasteiger partial charge is 0.115 e. The van der Waals surface area contributed by atoms with E-state index in [4.69, 9.17) is 0 Å². The molecule has 104 valence electrons. The van der Waals surface area contributed by atoms with Crippen LogP contribution in [-0.4, -0.2) is 5.67 Å². The fourth-order valence-electron chi connectivity index (χ4n) is 8.97. The molecule has 7 fully saturated rings.